The third-order valence-electron chi connectivity index (χ3n) is 2.25. The van der Waals surface area contributed by atoms with Crippen molar-refractivity contribution in [1.29, 1.82) is 0 Å². The van der Waals surface area contributed by atoms with Gasteiger partial charge in [0.25, 0.3) is 0 Å². The number of carboxylic acids is 1. The van der Waals surface area contributed by atoms with Crippen molar-refractivity contribution in [1.82, 2.24) is 0 Å². The second-order valence-corrected chi connectivity index (χ2v) is 5.09. The number of thioether (sulfide) groups is 1. The molecule has 86 valence electrons. The molecule has 5 heteroatoms. The third kappa shape index (κ3) is 2.83. The van der Waals surface area contributed by atoms with Crippen molar-refractivity contribution in [3.63, 3.8) is 0 Å². The Balaban J connectivity index is 2.06. The van der Waals surface area contributed by atoms with Crippen LogP contribution in [0.4, 0.5) is 0 Å². The van der Waals surface area contributed by atoms with Gasteiger partial charge in [-0.05, 0) is 17.7 Å². The average Bonchev–Trinajstić information content (AvgIpc) is 2.12. The van der Waals surface area contributed by atoms with Gasteiger partial charge >= 0.3 is 5.97 Å². The molecule has 1 aliphatic heterocycles. The summed E-state index contributed by atoms with van der Waals surface area (Å²) in [5.74, 6) is 1.77. The largest absolute Gasteiger partial charge is 0.487 e. The zero-order valence-corrected chi connectivity index (χ0v) is 10.1. The second-order valence-electron chi connectivity index (χ2n) is 3.61. The van der Waals surface area contributed by atoms with Crippen LogP contribution in [-0.2, 0) is 11.2 Å². The van der Waals surface area contributed by atoms with Crippen molar-refractivity contribution in [2.75, 3.05) is 11.5 Å². The Morgan fingerprint density at radius 2 is 2.31 bits per heavy atom. The van der Waals surface area contributed by atoms with E-state index in [1.54, 1.807) is 18.2 Å². The van der Waals surface area contributed by atoms with Crippen LogP contribution in [0.25, 0.3) is 0 Å². The molecule has 0 unspecified atom stereocenters. The molecule has 0 bridgehead atoms. The van der Waals surface area contributed by atoms with Gasteiger partial charge in [0.1, 0.15) is 11.9 Å². The number of halogens is 1. The van der Waals surface area contributed by atoms with Crippen molar-refractivity contribution in [2.45, 2.75) is 12.5 Å². The third-order valence-corrected chi connectivity index (χ3v) is 3.76. The molecule has 0 spiro atoms. The monoisotopic (exact) mass is 258 g/mol. The standard InChI is InChI=1S/C11H11ClO3S/c12-9-3-7(4-11(13)14)1-2-10(9)15-8-5-16-6-8/h1-3,8H,4-6H2,(H,13,14). The summed E-state index contributed by atoms with van der Waals surface area (Å²) < 4.78 is 5.64. The Labute approximate surface area is 103 Å². The van der Waals surface area contributed by atoms with E-state index in [2.05, 4.69) is 0 Å². The minimum atomic E-state index is -0.861. The average molecular weight is 259 g/mol. The van der Waals surface area contributed by atoms with Crippen LogP contribution in [0.1, 0.15) is 5.56 Å². The number of carboxylic acid groups (broad SMARTS) is 1. The Morgan fingerprint density at radius 3 is 2.81 bits per heavy atom. The normalized spacial score (nSPS) is 15.6. The molecular formula is C11H11ClO3S. The van der Waals surface area contributed by atoms with E-state index in [0.29, 0.717) is 16.3 Å². The SMILES string of the molecule is O=C(O)Cc1ccc(OC2CSC2)c(Cl)c1. The van der Waals surface area contributed by atoms with Crippen LogP contribution in [0.15, 0.2) is 18.2 Å². The Morgan fingerprint density at radius 1 is 1.56 bits per heavy atom. The van der Waals surface area contributed by atoms with Crippen molar-refractivity contribution >= 4 is 29.3 Å². The van der Waals surface area contributed by atoms with E-state index >= 15 is 0 Å². The van der Waals surface area contributed by atoms with Gasteiger partial charge in [-0.1, -0.05) is 17.7 Å². The summed E-state index contributed by atoms with van der Waals surface area (Å²) in [6.45, 7) is 0. The number of hydrogen-bond donors (Lipinski definition) is 1. The van der Waals surface area contributed by atoms with E-state index in [1.807, 2.05) is 11.8 Å². The molecule has 1 saturated heterocycles. The first-order valence-electron chi connectivity index (χ1n) is 4.90. The highest BCUT2D eigenvalue weighted by molar-refractivity contribution is 8.00. The van der Waals surface area contributed by atoms with Crippen LogP contribution in [-0.4, -0.2) is 28.7 Å². The maximum absolute atomic E-state index is 10.5. The zero-order valence-electron chi connectivity index (χ0n) is 8.48. The number of ether oxygens (including phenoxy) is 1. The van der Waals surface area contributed by atoms with Crippen molar-refractivity contribution in [2.24, 2.45) is 0 Å². The summed E-state index contributed by atoms with van der Waals surface area (Å²) in [5, 5.41) is 9.12. The minimum absolute atomic E-state index is 0.0146. The molecule has 2 rings (SSSR count). The molecule has 0 amide bonds. The molecule has 0 aliphatic carbocycles. The van der Waals surface area contributed by atoms with E-state index in [0.717, 1.165) is 11.5 Å². The lowest BCUT2D eigenvalue weighted by molar-refractivity contribution is -0.136. The number of hydrogen-bond acceptors (Lipinski definition) is 3. The summed E-state index contributed by atoms with van der Waals surface area (Å²) in [7, 11) is 0. The maximum atomic E-state index is 10.5. The Hall–Kier alpha value is -0.870. The van der Waals surface area contributed by atoms with Gasteiger partial charge in [-0.25, -0.2) is 0 Å². The molecule has 16 heavy (non-hydrogen) atoms. The number of benzene rings is 1. The van der Waals surface area contributed by atoms with Crippen molar-refractivity contribution < 1.29 is 14.6 Å². The number of rotatable bonds is 4. The second kappa shape index (κ2) is 4.97. The van der Waals surface area contributed by atoms with Gasteiger partial charge in [0.2, 0.25) is 0 Å². The molecule has 0 radical (unpaired) electrons. The first-order valence-corrected chi connectivity index (χ1v) is 6.43. The summed E-state index contributed by atoms with van der Waals surface area (Å²) >= 11 is 7.85. The van der Waals surface area contributed by atoms with E-state index in [9.17, 15) is 4.79 Å². The lowest BCUT2D eigenvalue weighted by Gasteiger charge is -2.26. The highest BCUT2D eigenvalue weighted by atomic mass is 35.5. The fourth-order valence-electron chi connectivity index (χ4n) is 1.39. The van der Waals surface area contributed by atoms with Crippen molar-refractivity contribution in [3.8, 4) is 5.75 Å². The highest BCUT2D eigenvalue weighted by Crippen LogP contribution is 2.30. The van der Waals surface area contributed by atoms with Crippen LogP contribution in [0, 0.1) is 0 Å². The van der Waals surface area contributed by atoms with E-state index in [4.69, 9.17) is 21.4 Å². The Kier molecular flexibility index (Phi) is 3.61. The zero-order chi connectivity index (χ0) is 11.5. The molecule has 1 aromatic carbocycles. The molecule has 1 N–H and O–H groups in total. The van der Waals surface area contributed by atoms with E-state index in [-0.39, 0.29) is 12.5 Å². The van der Waals surface area contributed by atoms with E-state index < -0.39 is 5.97 Å². The fraction of sp³-hybridized carbons (Fsp3) is 0.364. The van der Waals surface area contributed by atoms with Crippen molar-refractivity contribution in [3.05, 3.63) is 28.8 Å². The first-order chi connectivity index (χ1) is 7.65. The molecular weight excluding hydrogens is 248 g/mol. The van der Waals surface area contributed by atoms with Gasteiger partial charge in [0.15, 0.2) is 0 Å². The number of aliphatic carboxylic acids is 1. The molecule has 1 heterocycles. The fourth-order valence-corrected chi connectivity index (χ4v) is 2.20. The first kappa shape index (κ1) is 11.6. The minimum Gasteiger partial charge on any atom is -0.487 e. The summed E-state index contributed by atoms with van der Waals surface area (Å²) in [4.78, 5) is 10.5. The molecule has 0 atom stereocenters. The summed E-state index contributed by atoms with van der Waals surface area (Å²) in [6, 6.07) is 5.13. The maximum Gasteiger partial charge on any atom is 0.307 e. The topological polar surface area (TPSA) is 46.5 Å². The van der Waals surface area contributed by atoms with E-state index in [1.165, 1.54) is 0 Å². The lowest BCUT2D eigenvalue weighted by Crippen LogP contribution is -2.31. The van der Waals surface area contributed by atoms with Gasteiger partial charge < -0.3 is 9.84 Å². The van der Waals surface area contributed by atoms with Crippen LogP contribution >= 0.6 is 23.4 Å². The van der Waals surface area contributed by atoms with Crippen LogP contribution in [0.5, 0.6) is 5.75 Å². The molecule has 1 fully saturated rings. The van der Waals surface area contributed by atoms with Crippen LogP contribution in [0.3, 0.4) is 0 Å². The summed E-state index contributed by atoms with van der Waals surface area (Å²) in [5.41, 5.74) is 0.688. The lowest BCUT2D eigenvalue weighted by atomic mass is 10.1. The number of carbonyl (C=O) groups is 1. The smallest absolute Gasteiger partial charge is 0.307 e. The molecule has 1 aromatic rings. The molecule has 0 saturated carbocycles. The molecule has 0 aromatic heterocycles. The predicted octanol–water partition coefficient (Wildman–Crippen LogP) is 2.46. The predicted molar refractivity (Wildman–Crippen MR) is 64.5 cm³/mol. The quantitative estimate of drug-likeness (QED) is 0.901. The van der Waals surface area contributed by atoms with Gasteiger partial charge in [0.05, 0.1) is 11.4 Å². The highest BCUT2D eigenvalue weighted by Gasteiger charge is 2.20. The molecule has 3 nitrogen and oxygen atoms in total. The van der Waals surface area contributed by atoms with Gasteiger partial charge in [-0.2, -0.15) is 11.8 Å². The van der Waals surface area contributed by atoms with Crippen LogP contribution in [0.2, 0.25) is 5.02 Å². The summed E-state index contributed by atoms with van der Waals surface area (Å²) in [6.07, 6.45) is 0.229. The Bertz CT molecular complexity index is 404. The van der Waals surface area contributed by atoms with Crippen LogP contribution < -0.4 is 4.74 Å². The van der Waals surface area contributed by atoms with Gasteiger partial charge in [0, 0.05) is 11.5 Å². The van der Waals surface area contributed by atoms with Gasteiger partial charge in [-0.15, -0.1) is 0 Å². The van der Waals surface area contributed by atoms with Gasteiger partial charge in [-0.3, -0.25) is 4.79 Å². The molecule has 1 aliphatic rings.